The van der Waals surface area contributed by atoms with Gasteiger partial charge in [-0.25, -0.2) is 0 Å². The van der Waals surface area contributed by atoms with Crippen LogP contribution >= 0.6 is 0 Å². The van der Waals surface area contributed by atoms with E-state index in [0.29, 0.717) is 0 Å². The Morgan fingerprint density at radius 2 is 2.11 bits per heavy atom. The van der Waals surface area contributed by atoms with Crippen LogP contribution in [0.2, 0.25) is 0 Å². The number of likely N-dealkylation sites (N-methyl/N-ethyl adjacent to an activating group) is 1. The molecule has 0 amide bonds. The number of nitrogens with zero attached hydrogens (tertiary/aromatic N) is 1. The van der Waals surface area contributed by atoms with E-state index >= 15 is 0 Å². The van der Waals surface area contributed by atoms with Crippen LogP contribution < -0.4 is 5.32 Å². The Bertz CT molecular complexity index is 223. The summed E-state index contributed by atoms with van der Waals surface area (Å²) in [5.41, 5.74) is -0.0777. The molecule has 3 heteroatoms. The van der Waals surface area contributed by atoms with E-state index in [2.05, 4.69) is 31.0 Å². The number of nitrogens with one attached hydrogen (secondary N) is 1. The molecule has 18 heavy (non-hydrogen) atoms. The molecule has 1 aliphatic rings. The minimum Gasteiger partial charge on any atom is -0.394 e. The number of hydrogen-bond acceptors (Lipinski definition) is 3. The Morgan fingerprint density at radius 1 is 1.33 bits per heavy atom. The second-order valence-corrected chi connectivity index (χ2v) is 6.07. The molecule has 0 bridgehead atoms. The van der Waals surface area contributed by atoms with E-state index in [-0.39, 0.29) is 12.1 Å². The molecule has 0 aromatic rings. The minimum atomic E-state index is -0.0777. The van der Waals surface area contributed by atoms with Gasteiger partial charge in [-0.05, 0) is 51.7 Å². The number of rotatable bonds is 9. The highest BCUT2D eigenvalue weighted by molar-refractivity contribution is 4.82. The summed E-state index contributed by atoms with van der Waals surface area (Å²) in [5.74, 6) is 0.939. The Kier molecular flexibility index (Phi) is 7.20. The molecule has 0 radical (unpaired) electrons. The van der Waals surface area contributed by atoms with E-state index in [9.17, 15) is 5.11 Å². The molecule has 0 saturated carbocycles. The molecule has 1 saturated heterocycles. The van der Waals surface area contributed by atoms with Crippen LogP contribution in [0.1, 0.15) is 52.9 Å². The lowest BCUT2D eigenvalue weighted by molar-refractivity contribution is 0.163. The predicted molar refractivity (Wildman–Crippen MR) is 77.9 cm³/mol. The zero-order chi connectivity index (χ0) is 13.4. The standard InChI is InChI=1S/C15H32N2O/c1-4-14-8-11-17(12-14)10-7-6-9-15(3,13-18)16-5-2/h14,16,18H,4-13H2,1-3H3. The van der Waals surface area contributed by atoms with Gasteiger partial charge in [-0.1, -0.05) is 26.7 Å². The van der Waals surface area contributed by atoms with Gasteiger partial charge in [0.1, 0.15) is 0 Å². The molecule has 1 rings (SSSR count). The number of likely N-dealkylation sites (tertiary alicyclic amines) is 1. The van der Waals surface area contributed by atoms with Crippen LogP contribution in [0.5, 0.6) is 0 Å². The van der Waals surface area contributed by atoms with E-state index in [0.717, 1.165) is 18.9 Å². The minimum absolute atomic E-state index is 0.0777. The number of unbranched alkanes of at least 4 members (excludes halogenated alkanes) is 1. The summed E-state index contributed by atoms with van der Waals surface area (Å²) in [4.78, 5) is 2.61. The van der Waals surface area contributed by atoms with Crippen molar-refractivity contribution in [1.82, 2.24) is 10.2 Å². The van der Waals surface area contributed by atoms with Crippen molar-refractivity contribution in [3.63, 3.8) is 0 Å². The number of aliphatic hydroxyl groups excluding tert-OH is 1. The third kappa shape index (κ3) is 5.25. The zero-order valence-electron chi connectivity index (χ0n) is 12.5. The van der Waals surface area contributed by atoms with Crippen molar-refractivity contribution in [1.29, 1.82) is 0 Å². The Hall–Kier alpha value is -0.120. The molecule has 1 fully saturated rings. The second-order valence-electron chi connectivity index (χ2n) is 6.07. The maximum Gasteiger partial charge on any atom is 0.0610 e. The SMILES string of the molecule is CCNC(C)(CO)CCCCN1CCC(CC)C1. The van der Waals surface area contributed by atoms with Crippen molar-refractivity contribution in [2.45, 2.75) is 58.4 Å². The second kappa shape index (κ2) is 8.13. The molecule has 1 aliphatic heterocycles. The van der Waals surface area contributed by atoms with Crippen molar-refractivity contribution in [3.05, 3.63) is 0 Å². The fraction of sp³-hybridized carbons (Fsp3) is 1.00. The number of aliphatic hydroxyl groups is 1. The summed E-state index contributed by atoms with van der Waals surface area (Å²) < 4.78 is 0. The van der Waals surface area contributed by atoms with Crippen LogP contribution in [-0.4, -0.2) is 48.3 Å². The molecule has 0 aromatic carbocycles. The third-order valence-corrected chi connectivity index (χ3v) is 4.35. The van der Waals surface area contributed by atoms with Gasteiger partial charge in [-0.2, -0.15) is 0 Å². The summed E-state index contributed by atoms with van der Waals surface area (Å²) in [6.45, 7) is 11.5. The van der Waals surface area contributed by atoms with E-state index < -0.39 is 0 Å². The topological polar surface area (TPSA) is 35.5 Å². The van der Waals surface area contributed by atoms with Crippen molar-refractivity contribution in [2.24, 2.45) is 5.92 Å². The van der Waals surface area contributed by atoms with Crippen molar-refractivity contribution < 1.29 is 5.11 Å². The lowest BCUT2D eigenvalue weighted by Crippen LogP contribution is -2.45. The maximum absolute atomic E-state index is 9.42. The predicted octanol–water partition coefficient (Wildman–Crippen LogP) is 2.25. The molecular weight excluding hydrogens is 224 g/mol. The van der Waals surface area contributed by atoms with Crippen LogP contribution in [0.4, 0.5) is 0 Å². The molecule has 108 valence electrons. The summed E-state index contributed by atoms with van der Waals surface area (Å²) >= 11 is 0. The molecule has 3 nitrogen and oxygen atoms in total. The Morgan fingerprint density at radius 3 is 2.67 bits per heavy atom. The normalized spacial score (nSPS) is 24.3. The van der Waals surface area contributed by atoms with Crippen molar-refractivity contribution >= 4 is 0 Å². The average Bonchev–Trinajstić information content (AvgIpc) is 2.83. The van der Waals surface area contributed by atoms with Gasteiger partial charge in [-0.15, -0.1) is 0 Å². The summed E-state index contributed by atoms with van der Waals surface area (Å²) in [5, 5.41) is 12.8. The van der Waals surface area contributed by atoms with Gasteiger partial charge in [0.15, 0.2) is 0 Å². The fourth-order valence-electron chi connectivity index (χ4n) is 2.95. The highest BCUT2D eigenvalue weighted by Gasteiger charge is 2.22. The van der Waals surface area contributed by atoms with Gasteiger partial charge < -0.3 is 15.3 Å². The van der Waals surface area contributed by atoms with Gasteiger partial charge in [0.25, 0.3) is 0 Å². The van der Waals surface area contributed by atoms with E-state index in [1.807, 2.05) is 0 Å². The molecule has 2 N–H and O–H groups in total. The summed E-state index contributed by atoms with van der Waals surface area (Å²) in [7, 11) is 0. The Balaban J connectivity index is 2.11. The monoisotopic (exact) mass is 256 g/mol. The first-order chi connectivity index (χ1) is 8.63. The van der Waals surface area contributed by atoms with Gasteiger partial charge in [0.05, 0.1) is 6.61 Å². The first kappa shape index (κ1) is 15.9. The van der Waals surface area contributed by atoms with Gasteiger partial charge in [-0.3, -0.25) is 0 Å². The van der Waals surface area contributed by atoms with Crippen LogP contribution in [0, 0.1) is 5.92 Å². The third-order valence-electron chi connectivity index (χ3n) is 4.35. The lowest BCUT2D eigenvalue weighted by atomic mass is 9.95. The quantitative estimate of drug-likeness (QED) is 0.621. The first-order valence-corrected chi connectivity index (χ1v) is 7.71. The molecule has 1 heterocycles. The van der Waals surface area contributed by atoms with Crippen LogP contribution in [0.3, 0.4) is 0 Å². The molecule has 0 aromatic heterocycles. The summed E-state index contributed by atoms with van der Waals surface area (Å²) in [6, 6.07) is 0. The zero-order valence-corrected chi connectivity index (χ0v) is 12.5. The highest BCUT2D eigenvalue weighted by atomic mass is 16.3. The lowest BCUT2D eigenvalue weighted by Gasteiger charge is -2.28. The summed E-state index contributed by atoms with van der Waals surface area (Å²) in [6.07, 6.45) is 6.26. The maximum atomic E-state index is 9.42. The fourth-order valence-corrected chi connectivity index (χ4v) is 2.95. The largest absolute Gasteiger partial charge is 0.394 e. The molecule has 2 unspecified atom stereocenters. The van der Waals surface area contributed by atoms with Crippen LogP contribution in [-0.2, 0) is 0 Å². The van der Waals surface area contributed by atoms with Gasteiger partial charge >= 0.3 is 0 Å². The van der Waals surface area contributed by atoms with Crippen molar-refractivity contribution in [3.8, 4) is 0 Å². The molecule has 0 spiro atoms. The highest BCUT2D eigenvalue weighted by Crippen LogP contribution is 2.20. The first-order valence-electron chi connectivity index (χ1n) is 7.71. The van der Waals surface area contributed by atoms with Crippen LogP contribution in [0.25, 0.3) is 0 Å². The molecular formula is C15H32N2O. The Labute approximate surface area is 113 Å². The van der Waals surface area contributed by atoms with E-state index in [1.54, 1.807) is 0 Å². The molecule has 2 atom stereocenters. The van der Waals surface area contributed by atoms with E-state index in [4.69, 9.17) is 0 Å². The average molecular weight is 256 g/mol. The van der Waals surface area contributed by atoms with Crippen LogP contribution in [0.15, 0.2) is 0 Å². The van der Waals surface area contributed by atoms with Gasteiger partial charge in [0.2, 0.25) is 0 Å². The smallest absolute Gasteiger partial charge is 0.0610 e. The molecule has 0 aliphatic carbocycles. The number of hydrogen-bond donors (Lipinski definition) is 2. The van der Waals surface area contributed by atoms with Crippen molar-refractivity contribution in [2.75, 3.05) is 32.8 Å². The van der Waals surface area contributed by atoms with E-state index in [1.165, 1.54) is 45.3 Å². The van der Waals surface area contributed by atoms with Gasteiger partial charge in [0, 0.05) is 12.1 Å².